The summed E-state index contributed by atoms with van der Waals surface area (Å²) in [6.45, 7) is 5.44. The molecule has 6 nitrogen and oxygen atoms in total. The van der Waals surface area contributed by atoms with Crippen molar-refractivity contribution in [3.05, 3.63) is 29.3 Å². The molecule has 148 valence electrons. The molecule has 0 spiro atoms. The van der Waals surface area contributed by atoms with Crippen molar-refractivity contribution in [2.45, 2.75) is 44.7 Å². The zero-order chi connectivity index (χ0) is 19.2. The van der Waals surface area contributed by atoms with Crippen LogP contribution >= 0.6 is 11.6 Å². The normalized spacial score (nSPS) is 20.4. The van der Waals surface area contributed by atoms with Crippen LogP contribution in [0.1, 0.15) is 32.6 Å². The summed E-state index contributed by atoms with van der Waals surface area (Å²) in [5, 5.41) is 6.58. The van der Waals surface area contributed by atoms with E-state index < -0.39 is 0 Å². The van der Waals surface area contributed by atoms with E-state index in [1.807, 2.05) is 19.1 Å². The summed E-state index contributed by atoms with van der Waals surface area (Å²) in [7, 11) is 0. The standard InChI is InChI=1S/C20H29ClN4O2/c1-15(20(27)22-16-6-2-3-7-16)25-12-10-24(11-13-25)14-19(26)23-18-9-5-4-8-17(18)21/h4-5,8-9,15-16H,2-3,6-7,10-14H2,1H3,(H,22,27)(H,23,26)/t15-/m0/s1. The number of amides is 2. The van der Waals surface area contributed by atoms with Crippen molar-refractivity contribution >= 4 is 29.1 Å². The van der Waals surface area contributed by atoms with Gasteiger partial charge in [0.05, 0.1) is 23.3 Å². The van der Waals surface area contributed by atoms with Crippen LogP contribution in [0.2, 0.25) is 5.02 Å². The summed E-state index contributed by atoms with van der Waals surface area (Å²) in [5.41, 5.74) is 0.639. The number of carbonyl (C=O) groups is 2. The number of halogens is 1. The third-order valence-corrected chi connectivity index (χ3v) is 5.88. The van der Waals surface area contributed by atoms with E-state index >= 15 is 0 Å². The van der Waals surface area contributed by atoms with E-state index in [1.54, 1.807) is 12.1 Å². The predicted octanol–water partition coefficient (Wildman–Crippen LogP) is 2.34. The van der Waals surface area contributed by atoms with E-state index in [1.165, 1.54) is 12.8 Å². The van der Waals surface area contributed by atoms with Gasteiger partial charge in [0.25, 0.3) is 0 Å². The Morgan fingerprint density at radius 1 is 1.15 bits per heavy atom. The number of benzene rings is 1. The number of hydrogen-bond donors (Lipinski definition) is 2. The molecular weight excluding hydrogens is 364 g/mol. The zero-order valence-corrected chi connectivity index (χ0v) is 16.7. The van der Waals surface area contributed by atoms with Crippen LogP contribution in [0.4, 0.5) is 5.69 Å². The molecule has 2 amide bonds. The number of nitrogens with zero attached hydrogens (tertiary/aromatic N) is 2. The van der Waals surface area contributed by atoms with Gasteiger partial charge in [-0.1, -0.05) is 36.6 Å². The maximum absolute atomic E-state index is 12.4. The van der Waals surface area contributed by atoms with Crippen LogP contribution < -0.4 is 10.6 Å². The van der Waals surface area contributed by atoms with Crippen LogP contribution in [0.3, 0.4) is 0 Å². The molecule has 0 radical (unpaired) electrons. The van der Waals surface area contributed by atoms with Gasteiger partial charge in [0.15, 0.2) is 0 Å². The van der Waals surface area contributed by atoms with Gasteiger partial charge >= 0.3 is 0 Å². The van der Waals surface area contributed by atoms with Gasteiger partial charge in [-0.15, -0.1) is 0 Å². The Kier molecular flexibility index (Phi) is 7.10. The van der Waals surface area contributed by atoms with Gasteiger partial charge in [-0.25, -0.2) is 0 Å². The van der Waals surface area contributed by atoms with Crippen LogP contribution in [0.5, 0.6) is 0 Å². The summed E-state index contributed by atoms with van der Waals surface area (Å²) in [6, 6.07) is 7.47. The van der Waals surface area contributed by atoms with E-state index in [9.17, 15) is 9.59 Å². The van der Waals surface area contributed by atoms with Crippen molar-refractivity contribution in [3.63, 3.8) is 0 Å². The molecule has 1 aliphatic carbocycles. The molecule has 1 aliphatic heterocycles. The molecule has 1 aromatic carbocycles. The van der Waals surface area contributed by atoms with Crippen LogP contribution in [0.15, 0.2) is 24.3 Å². The van der Waals surface area contributed by atoms with Crippen molar-refractivity contribution < 1.29 is 9.59 Å². The smallest absolute Gasteiger partial charge is 0.238 e. The maximum Gasteiger partial charge on any atom is 0.238 e. The Morgan fingerprint density at radius 3 is 2.48 bits per heavy atom. The molecule has 1 saturated heterocycles. The lowest BCUT2D eigenvalue weighted by Gasteiger charge is -2.37. The maximum atomic E-state index is 12.4. The van der Waals surface area contributed by atoms with Crippen LogP contribution in [-0.4, -0.2) is 66.4 Å². The molecule has 1 heterocycles. The van der Waals surface area contributed by atoms with Crippen molar-refractivity contribution in [3.8, 4) is 0 Å². The molecule has 2 N–H and O–H groups in total. The Morgan fingerprint density at radius 2 is 1.81 bits per heavy atom. The van der Waals surface area contributed by atoms with E-state index in [0.29, 0.717) is 23.3 Å². The van der Waals surface area contributed by atoms with E-state index in [2.05, 4.69) is 20.4 Å². The molecule has 1 saturated carbocycles. The van der Waals surface area contributed by atoms with Gasteiger partial charge in [0.2, 0.25) is 11.8 Å². The first-order valence-electron chi connectivity index (χ1n) is 9.84. The monoisotopic (exact) mass is 392 g/mol. The first-order valence-corrected chi connectivity index (χ1v) is 10.2. The van der Waals surface area contributed by atoms with E-state index in [4.69, 9.17) is 11.6 Å². The van der Waals surface area contributed by atoms with Crippen LogP contribution in [0, 0.1) is 0 Å². The number of para-hydroxylation sites is 1. The molecule has 1 atom stereocenters. The predicted molar refractivity (Wildman–Crippen MR) is 108 cm³/mol. The molecule has 7 heteroatoms. The first-order chi connectivity index (χ1) is 13.0. The second kappa shape index (κ2) is 9.53. The van der Waals surface area contributed by atoms with Crippen molar-refractivity contribution in [1.29, 1.82) is 0 Å². The van der Waals surface area contributed by atoms with Crippen molar-refractivity contribution in [2.75, 3.05) is 38.0 Å². The number of piperazine rings is 1. The molecular formula is C20H29ClN4O2. The van der Waals surface area contributed by atoms with E-state index in [0.717, 1.165) is 39.0 Å². The highest BCUT2D eigenvalue weighted by molar-refractivity contribution is 6.33. The highest BCUT2D eigenvalue weighted by atomic mass is 35.5. The summed E-state index contributed by atoms with van der Waals surface area (Å²) in [4.78, 5) is 29.0. The lowest BCUT2D eigenvalue weighted by atomic mass is 10.2. The topological polar surface area (TPSA) is 64.7 Å². The fraction of sp³-hybridized carbons (Fsp3) is 0.600. The largest absolute Gasteiger partial charge is 0.352 e. The number of anilines is 1. The molecule has 27 heavy (non-hydrogen) atoms. The summed E-state index contributed by atoms with van der Waals surface area (Å²) < 4.78 is 0. The number of carbonyl (C=O) groups excluding carboxylic acids is 2. The number of hydrogen-bond acceptors (Lipinski definition) is 4. The van der Waals surface area contributed by atoms with Gasteiger partial charge in [-0.2, -0.15) is 0 Å². The lowest BCUT2D eigenvalue weighted by Crippen LogP contribution is -2.55. The van der Waals surface area contributed by atoms with Gasteiger partial charge in [0, 0.05) is 32.2 Å². The summed E-state index contributed by atoms with van der Waals surface area (Å²) in [6.07, 6.45) is 4.64. The van der Waals surface area contributed by atoms with Gasteiger partial charge in [-0.3, -0.25) is 19.4 Å². The quantitative estimate of drug-likeness (QED) is 0.780. The molecule has 3 rings (SSSR count). The first kappa shape index (κ1) is 20.1. The van der Waals surface area contributed by atoms with Crippen molar-refractivity contribution in [1.82, 2.24) is 15.1 Å². The third kappa shape index (κ3) is 5.67. The van der Waals surface area contributed by atoms with Gasteiger partial charge in [-0.05, 0) is 31.9 Å². The van der Waals surface area contributed by atoms with Gasteiger partial charge in [0.1, 0.15) is 0 Å². The minimum absolute atomic E-state index is 0.0661. The average Bonchev–Trinajstić information content (AvgIpc) is 3.16. The molecule has 0 aromatic heterocycles. The van der Waals surface area contributed by atoms with Gasteiger partial charge < -0.3 is 10.6 Å². The summed E-state index contributed by atoms with van der Waals surface area (Å²) >= 11 is 6.08. The fourth-order valence-corrected chi connectivity index (χ4v) is 4.00. The second-order valence-electron chi connectivity index (χ2n) is 7.51. The molecule has 2 fully saturated rings. The SMILES string of the molecule is C[C@@H](C(=O)NC1CCCC1)N1CCN(CC(=O)Nc2ccccc2Cl)CC1. The Labute approximate surface area is 166 Å². The number of rotatable bonds is 6. The molecule has 1 aromatic rings. The van der Waals surface area contributed by atoms with Crippen molar-refractivity contribution in [2.24, 2.45) is 0 Å². The molecule has 0 unspecified atom stereocenters. The second-order valence-corrected chi connectivity index (χ2v) is 7.91. The average molecular weight is 393 g/mol. The number of nitrogens with one attached hydrogen (secondary N) is 2. The molecule has 2 aliphatic rings. The Balaban J connectivity index is 1.41. The van der Waals surface area contributed by atoms with E-state index in [-0.39, 0.29) is 17.9 Å². The minimum atomic E-state index is -0.121. The summed E-state index contributed by atoms with van der Waals surface area (Å²) in [5.74, 6) is 0.0652. The zero-order valence-electron chi connectivity index (χ0n) is 15.9. The fourth-order valence-electron chi connectivity index (χ4n) is 3.82. The Hall–Kier alpha value is -1.63. The minimum Gasteiger partial charge on any atom is -0.352 e. The Bertz CT molecular complexity index is 655. The van der Waals surface area contributed by atoms with Crippen LogP contribution in [0.25, 0.3) is 0 Å². The third-order valence-electron chi connectivity index (χ3n) is 5.55. The lowest BCUT2D eigenvalue weighted by molar-refractivity contribution is -0.127. The highest BCUT2D eigenvalue weighted by Crippen LogP contribution is 2.20. The molecule has 0 bridgehead atoms. The highest BCUT2D eigenvalue weighted by Gasteiger charge is 2.28. The van der Waals surface area contributed by atoms with Crippen LogP contribution in [-0.2, 0) is 9.59 Å².